The first-order chi connectivity index (χ1) is 12.2. The molecule has 0 atom stereocenters. The summed E-state index contributed by atoms with van der Waals surface area (Å²) in [6.45, 7) is 2.21. The van der Waals surface area contributed by atoms with E-state index in [-0.39, 0.29) is 6.79 Å². The van der Waals surface area contributed by atoms with Gasteiger partial charge in [0.2, 0.25) is 12.7 Å². The molecule has 0 saturated carbocycles. The van der Waals surface area contributed by atoms with E-state index in [0.29, 0.717) is 22.5 Å². The molecule has 2 N–H and O–H groups in total. The van der Waals surface area contributed by atoms with Crippen LogP contribution in [0.25, 0.3) is 0 Å². The molecule has 8 heteroatoms. The summed E-state index contributed by atoms with van der Waals surface area (Å²) in [7, 11) is 0. The fourth-order valence-electron chi connectivity index (χ4n) is 2.39. The molecular weight excluding hydrogens is 342 g/mol. The number of nitrogens with one attached hydrogen (secondary N) is 2. The maximum absolute atomic E-state index is 6.04. The van der Waals surface area contributed by atoms with E-state index in [4.69, 9.17) is 21.1 Å². The van der Waals surface area contributed by atoms with Crippen LogP contribution in [0.2, 0.25) is 5.02 Å². The average Bonchev–Trinajstić information content (AvgIpc) is 3.06. The van der Waals surface area contributed by atoms with Gasteiger partial charge in [0.1, 0.15) is 0 Å². The van der Waals surface area contributed by atoms with Gasteiger partial charge in [0.15, 0.2) is 17.3 Å². The summed E-state index contributed by atoms with van der Waals surface area (Å²) >= 11 is 6.04. The molecule has 2 aromatic carbocycles. The Morgan fingerprint density at radius 2 is 1.92 bits per heavy atom. The number of fused-ring (bicyclic) bond motifs is 1. The molecule has 0 aliphatic carbocycles. The number of ether oxygens (including phenoxy) is 2. The van der Waals surface area contributed by atoms with E-state index in [2.05, 4.69) is 25.8 Å². The van der Waals surface area contributed by atoms with Gasteiger partial charge >= 0.3 is 0 Å². The summed E-state index contributed by atoms with van der Waals surface area (Å²) in [5.41, 5.74) is 2.67. The topological polar surface area (TPSA) is 81.2 Å². The molecular formula is C17H14ClN5O2. The van der Waals surface area contributed by atoms with E-state index in [1.165, 1.54) is 0 Å². The van der Waals surface area contributed by atoms with Gasteiger partial charge in [-0.2, -0.15) is 10.1 Å². The number of aromatic nitrogens is 3. The third-order valence-electron chi connectivity index (χ3n) is 3.65. The molecule has 4 rings (SSSR count). The second-order valence-electron chi connectivity index (χ2n) is 5.44. The van der Waals surface area contributed by atoms with E-state index >= 15 is 0 Å². The van der Waals surface area contributed by atoms with Crippen LogP contribution >= 0.6 is 11.6 Å². The Hall–Kier alpha value is -3.06. The van der Waals surface area contributed by atoms with Crippen molar-refractivity contribution in [2.75, 3.05) is 17.4 Å². The number of rotatable bonds is 4. The van der Waals surface area contributed by atoms with Crippen molar-refractivity contribution in [3.8, 4) is 11.5 Å². The number of halogens is 1. The fraction of sp³-hybridized carbons (Fsp3) is 0.118. The third-order valence-corrected chi connectivity index (χ3v) is 3.88. The van der Waals surface area contributed by atoms with Gasteiger partial charge in [-0.1, -0.05) is 17.7 Å². The van der Waals surface area contributed by atoms with E-state index < -0.39 is 0 Å². The van der Waals surface area contributed by atoms with Crippen molar-refractivity contribution in [2.45, 2.75) is 6.92 Å². The molecule has 1 aromatic heterocycles. The van der Waals surface area contributed by atoms with Crippen molar-refractivity contribution in [1.29, 1.82) is 0 Å². The van der Waals surface area contributed by atoms with Crippen molar-refractivity contribution in [3.63, 3.8) is 0 Å². The first kappa shape index (κ1) is 15.5. The highest BCUT2D eigenvalue weighted by atomic mass is 35.5. The highest BCUT2D eigenvalue weighted by molar-refractivity contribution is 6.30. The molecule has 1 aliphatic heterocycles. The molecule has 7 nitrogen and oxygen atoms in total. The zero-order valence-corrected chi connectivity index (χ0v) is 14.0. The number of hydrogen-bond donors (Lipinski definition) is 2. The SMILES string of the molecule is Cc1ccc(Cl)cc1Nc1nncc(Nc2ccc3c(c2)OCO3)n1. The highest BCUT2D eigenvalue weighted by Gasteiger charge is 2.13. The maximum atomic E-state index is 6.04. The molecule has 0 bridgehead atoms. The van der Waals surface area contributed by atoms with Crippen LogP contribution in [0.4, 0.5) is 23.1 Å². The Kier molecular flexibility index (Phi) is 3.99. The lowest BCUT2D eigenvalue weighted by Crippen LogP contribution is -2.03. The highest BCUT2D eigenvalue weighted by Crippen LogP contribution is 2.35. The number of aryl methyl sites for hydroxylation is 1. The predicted molar refractivity (Wildman–Crippen MR) is 95.1 cm³/mol. The van der Waals surface area contributed by atoms with Crippen molar-refractivity contribution >= 4 is 34.7 Å². The van der Waals surface area contributed by atoms with Crippen molar-refractivity contribution in [2.24, 2.45) is 0 Å². The van der Waals surface area contributed by atoms with E-state index in [1.807, 2.05) is 43.3 Å². The van der Waals surface area contributed by atoms with Gasteiger partial charge in [0, 0.05) is 22.5 Å². The second-order valence-corrected chi connectivity index (χ2v) is 5.88. The Bertz CT molecular complexity index is 935. The zero-order valence-electron chi connectivity index (χ0n) is 13.3. The van der Waals surface area contributed by atoms with Crippen LogP contribution < -0.4 is 20.1 Å². The zero-order chi connectivity index (χ0) is 17.2. The standard InChI is InChI=1S/C17H14ClN5O2/c1-10-2-3-11(18)6-13(10)21-17-22-16(8-19-23-17)20-12-4-5-14-15(7-12)25-9-24-14/h2-8H,9H2,1H3,(H2,20,21,22,23). The molecule has 25 heavy (non-hydrogen) atoms. The molecule has 0 radical (unpaired) electrons. The van der Waals surface area contributed by atoms with Crippen LogP contribution in [0.15, 0.2) is 42.6 Å². The van der Waals surface area contributed by atoms with Gasteiger partial charge in [-0.15, -0.1) is 5.10 Å². The van der Waals surface area contributed by atoms with Gasteiger partial charge in [0.25, 0.3) is 0 Å². The molecule has 0 saturated heterocycles. The second kappa shape index (κ2) is 6.45. The van der Waals surface area contributed by atoms with Crippen molar-refractivity contribution < 1.29 is 9.47 Å². The fourth-order valence-corrected chi connectivity index (χ4v) is 2.56. The molecule has 3 aromatic rings. The number of anilines is 4. The van der Waals surface area contributed by atoms with Crippen LogP contribution in [0.5, 0.6) is 11.5 Å². The van der Waals surface area contributed by atoms with Crippen LogP contribution in [0, 0.1) is 6.92 Å². The molecule has 1 aliphatic rings. The van der Waals surface area contributed by atoms with E-state index in [1.54, 1.807) is 6.20 Å². The molecule has 0 fully saturated rings. The minimum Gasteiger partial charge on any atom is -0.454 e. The quantitative estimate of drug-likeness (QED) is 0.730. The third kappa shape index (κ3) is 3.41. The van der Waals surface area contributed by atoms with Gasteiger partial charge < -0.3 is 20.1 Å². The molecule has 0 spiro atoms. The minimum absolute atomic E-state index is 0.237. The van der Waals surface area contributed by atoms with Crippen molar-refractivity contribution in [1.82, 2.24) is 15.2 Å². The number of nitrogens with zero attached hydrogens (tertiary/aromatic N) is 3. The lowest BCUT2D eigenvalue weighted by atomic mass is 10.2. The molecule has 126 valence electrons. The average molecular weight is 356 g/mol. The van der Waals surface area contributed by atoms with E-state index in [0.717, 1.165) is 22.7 Å². The van der Waals surface area contributed by atoms with Gasteiger partial charge in [-0.25, -0.2) is 0 Å². The predicted octanol–water partition coefficient (Wildman–Crippen LogP) is 4.05. The summed E-state index contributed by atoms with van der Waals surface area (Å²) < 4.78 is 10.7. The lowest BCUT2D eigenvalue weighted by molar-refractivity contribution is 0.174. The first-order valence-corrected chi connectivity index (χ1v) is 7.95. The van der Waals surface area contributed by atoms with Gasteiger partial charge in [0.05, 0.1) is 6.20 Å². The van der Waals surface area contributed by atoms with Crippen LogP contribution in [-0.2, 0) is 0 Å². The van der Waals surface area contributed by atoms with Crippen LogP contribution in [-0.4, -0.2) is 22.0 Å². The number of benzene rings is 2. The minimum atomic E-state index is 0.237. The summed E-state index contributed by atoms with van der Waals surface area (Å²) in [5, 5.41) is 14.9. The molecule has 0 unspecified atom stereocenters. The normalized spacial score (nSPS) is 12.1. The Morgan fingerprint density at radius 3 is 2.84 bits per heavy atom. The number of hydrogen-bond acceptors (Lipinski definition) is 7. The summed E-state index contributed by atoms with van der Waals surface area (Å²) in [4.78, 5) is 4.42. The Labute approximate surface area is 149 Å². The molecule has 2 heterocycles. The van der Waals surface area contributed by atoms with Crippen LogP contribution in [0.3, 0.4) is 0 Å². The van der Waals surface area contributed by atoms with E-state index in [9.17, 15) is 0 Å². The summed E-state index contributed by atoms with van der Waals surface area (Å²) in [5.74, 6) is 2.34. The Morgan fingerprint density at radius 1 is 1.04 bits per heavy atom. The first-order valence-electron chi connectivity index (χ1n) is 7.57. The molecule has 0 amide bonds. The summed E-state index contributed by atoms with van der Waals surface area (Å²) in [6, 6.07) is 11.1. The van der Waals surface area contributed by atoms with Crippen molar-refractivity contribution in [3.05, 3.63) is 53.2 Å². The Balaban J connectivity index is 1.54. The van der Waals surface area contributed by atoms with Gasteiger partial charge in [-0.3, -0.25) is 0 Å². The van der Waals surface area contributed by atoms with Gasteiger partial charge in [-0.05, 0) is 36.8 Å². The smallest absolute Gasteiger partial charge is 0.249 e. The van der Waals surface area contributed by atoms with Crippen LogP contribution in [0.1, 0.15) is 5.56 Å². The largest absolute Gasteiger partial charge is 0.454 e. The monoisotopic (exact) mass is 355 g/mol. The lowest BCUT2D eigenvalue weighted by Gasteiger charge is -2.10. The maximum Gasteiger partial charge on any atom is 0.249 e. The summed E-state index contributed by atoms with van der Waals surface area (Å²) in [6.07, 6.45) is 1.54.